The summed E-state index contributed by atoms with van der Waals surface area (Å²) in [6.07, 6.45) is 13.5. The van der Waals surface area contributed by atoms with Crippen LogP contribution in [-0.4, -0.2) is 104 Å². The van der Waals surface area contributed by atoms with Gasteiger partial charge in [-0.3, -0.25) is 19.2 Å². The molecule has 1 heterocycles. The minimum Gasteiger partial charge on any atom is -0.346 e. The summed E-state index contributed by atoms with van der Waals surface area (Å²) in [7, 11) is -2.04. The molecule has 0 aromatic heterocycles. The van der Waals surface area contributed by atoms with Gasteiger partial charge in [-0.1, -0.05) is 72.1 Å². The van der Waals surface area contributed by atoms with E-state index in [-0.39, 0.29) is 54.5 Å². The fourth-order valence-corrected chi connectivity index (χ4v) is 8.81. The van der Waals surface area contributed by atoms with Crippen molar-refractivity contribution >= 4 is 39.6 Å². The number of ketones is 1. The van der Waals surface area contributed by atoms with Crippen LogP contribution < -0.4 is 21.3 Å². The molecule has 0 spiro atoms. The summed E-state index contributed by atoms with van der Waals surface area (Å²) in [4.78, 5) is 70.9. The average molecular weight is 747 g/mol. The standard InChI is InChI=1S/C38H62N6O7S/c1-9-20-39-34(47)32(45)28(21-24-14-13-15-24)40-33(46)31-26-18-19-38(5,6)27(26)22-44(31)35(48)30(25-16-11-10-12-17-25)42-36(49)41-29(37(2,3)4)23-43(7)52(8,50)51/h9,13-14,24-31H,1,10-12,15-23H2,2-8H3,(H,39,47)(H,40,46)(H2,41,42,49)/t24?,26-,27-,28?,29+,30-,31-/m0/s1. The second-order valence-corrected chi connectivity index (χ2v) is 19.4. The minimum atomic E-state index is -3.51. The number of urea groups is 1. The zero-order valence-electron chi connectivity index (χ0n) is 32.2. The van der Waals surface area contributed by atoms with Gasteiger partial charge in [0.2, 0.25) is 27.6 Å². The van der Waals surface area contributed by atoms with Crippen LogP contribution in [0.15, 0.2) is 24.8 Å². The number of amides is 5. The largest absolute Gasteiger partial charge is 0.346 e. The summed E-state index contributed by atoms with van der Waals surface area (Å²) in [5.41, 5.74) is -0.640. The van der Waals surface area contributed by atoms with E-state index >= 15 is 0 Å². The molecule has 13 nitrogen and oxygen atoms in total. The Bertz CT molecular complexity index is 1500. The predicted molar refractivity (Wildman–Crippen MR) is 200 cm³/mol. The van der Waals surface area contributed by atoms with Crippen molar-refractivity contribution in [3.05, 3.63) is 24.8 Å². The number of sulfonamides is 1. The molecule has 7 atom stereocenters. The Morgan fingerprint density at radius 3 is 2.25 bits per heavy atom. The third-order valence-corrected chi connectivity index (χ3v) is 13.3. The van der Waals surface area contributed by atoms with Gasteiger partial charge in [0, 0.05) is 32.7 Å². The Labute approximate surface area is 310 Å². The molecule has 2 saturated carbocycles. The zero-order valence-corrected chi connectivity index (χ0v) is 33.0. The van der Waals surface area contributed by atoms with Gasteiger partial charge in [0.1, 0.15) is 12.1 Å². The first-order chi connectivity index (χ1) is 24.2. The Morgan fingerprint density at radius 2 is 1.69 bits per heavy atom. The lowest BCUT2D eigenvalue weighted by Gasteiger charge is -2.38. The van der Waals surface area contributed by atoms with Crippen LogP contribution in [-0.2, 0) is 29.2 Å². The number of carbonyl (C=O) groups is 5. The summed E-state index contributed by atoms with van der Waals surface area (Å²) in [5.74, 6) is -2.53. The zero-order chi connectivity index (χ0) is 38.6. The summed E-state index contributed by atoms with van der Waals surface area (Å²) in [6.45, 7) is 14.1. The number of nitrogens with zero attached hydrogens (tertiary/aromatic N) is 2. The van der Waals surface area contributed by atoms with E-state index in [1.807, 2.05) is 32.9 Å². The quantitative estimate of drug-likeness (QED) is 0.147. The lowest BCUT2D eigenvalue weighted by atomic mass is 9.79. The molecule has 4 N–H and O–H groups in total. The van der Waals surface area contributed by atoms with Gasteiger partial charge in [-0.15, -0.1) is 6.58 Å². The molecular weight excluding hydrogens is 685 g/mol. The number of nitrogens with one attached hydrogen (secondary N) is 4. The van der Waals surface area contributed by atoms with Gasteiger partial charge in [0.05, 0.1) is 12.3 Å². The molecule has 1 saturated heterocycles. The molecule has 292 valence electrons. The Morgan fingerprint density at radius 1 is 1.04 bits per heavy atom. The van der Waals surface area contributed by atoms with Crippen LogP contribution in [0.2, 0.25) is 0 Å². The van der Waals surface area contributed by atoms with Gasteiger partial charge in [0.15, 0.2) is 0 Å². The second-order valence-electron chi connectivity index (χ2n) is 17.3. The highest BCUT2D eigenvalue weighted by Crippen LogP contribution is 2.53. The smallest absolute Gasteiger partial charge is 0.315 e. The monoisotopic (exact) mass is 746 g/mol. The van der Waals surface area contributed by atoms with Crippen LogP contribution in [0.1, 0.15) is 92.4 Å². The lowest BCUT2D eigenvalue weighted by Crippen LogP contribution is -2.61. The molecule has 0 radical (unpaired) electrons. The number of likely N-dealkylation sites (tertiary alicyclic amines) is 1. The maximum Gasteiger partial charge on any atom is 0.315 e. The van der Waals surface area contributed by atoms with E-state index in [9.17, 15) is 32.4 Å². The maximum atomic E-state index is 14.9. The van der Waals surface area contributed by atoms with Gasteiger partial charge in [0.25, 0.3) is 5.91 Å². The van der Waals surface area contributed by atoms with E-state index in [2.05, 4.69) is 41.7 Å². The third kappa shape index (κ3) is 10.0. The number of hydrogen-bond acceptors (Lipinski definition) is 7. The summed E-state index contributed by atoms with van der Waals surface area (Å²) >= 11 is 0. The molecule has 0 bridgehead atoms. The number of rotatable bonds is 15. The van der Waals surface area contributed by atoms with Crippen molar-refractivity contribution in [3.8, 4) is 0 Å². The molecule has 4 aliphatic rings. The van der Waals surface area contributed by atoms with E-state index in [0.29, 0.717) is 6.54 Å². The van der Waals surface area contributed by atoms with Crippen LogP contribution in [0.4, 0.5) is 4.79 Å². The van der Waals surface area contributed by atoms with Crippen LogP contribution in [0.25, 0.3) is 0 Å². The van der Waals surface area contributed by atoms with Crippen molar-refractivity contribution in [2.45, 2.75) is 117 Å². The van der Waals surface area contributed by atoms with Crippen molar-refractivity contribution in [2.24, 2.45) is 34.5 Å². The molecular formula is C38H62N6O7S. The van der Waals surface area contributed by atoms with Gasteiger partial charge in [-0.2, -0.15) is 0 Å². The maximum absolute atomic E-state index is 14.9. The van der Waals surface area contributed by atoms with Crippen molar-refractivity contribution in [1.82, 2.24) is 30.5 Å². The highest BCUT2D eigenvalue weighted by Gasteiger charge is 2.57. The third-order valence-electron chi connectivity index (χ3n) is 12.0. The van der Waals surface area contributed by atoms with E-state index in [4.69, 9.17) is 0 Å². The first-order valence-corrected chi connectivity index (χ1v) is 20.8. The fourth-order valence-electron chi connectivity index (χ4n) is 8.39. The van der Waals surface area contributed by atoms with Crippen LogP contribution in [0, 0.1) is 34.5 Å². The first-order valence-electron chi connectivity index (χ1n) is 18.9. The van der Waals surface area contributed by atoms with Gasteiger partial charge < -0.3 is 26.2 Å². The highest BCUT2D eigenvalue weighted by molar-refractivity contribution is 7.88. The van der Waals surface area contributed by atoms with Gasteiger partial charge >= 0.3 is 6.03 Å². The molecule has 2 unspecified atom stereocenters. The van der Waals surface area contributed by atoms with Crippen LogP contribution in [0.5, 0.6) is 0 Å². The number of hydrogen-bond donors (Lipinski definition) is 4. The summed E-state index contributed by atoms with van der Waals surface area (Å²) in [5, 5.41) is 11.4. The molecule has 52 heavy (non-hydrogen) atoms. The molecule has 0 aromatic rings. The Balaban J connectivity index is 1.62. The van der Waals surface area contributed by atoms with E-state index in [1.54, 1.807) is 4.90 Å². The number of likely N-dealkylation sites (N-methyl/N-ethyl adjacent to an activating group) is 1. The number of carbonyl (C=O) groups excluding carboxylic acids is 5. The summed E-state index contributed by atoms with van der Waals surface area (Å²) < 4.78 is 25.7. The number of fused-ring (bicyclic) bond motifs is 1. The number of allylic oxidation sites excluding steroid dienone is 2. The van der Waals surface area contributed by atoms with Crippen molar-refractivity contribution in [1.29, 1.82) is 0 Å². The normalized spacial score (nSPS) is 26.0. The van der Waals surface area contributed by atoms with E-state index in [1.165, 1.54) is 17.4 Å². The predicted octanol–water partition coefficient (Wildman–Crippen LogP) is 3.13. The number of Topliss-reactive ketones (excluding diaryl/α,β-unsaturated/α-hetero) is 1. The van der Waals surface area contributed by atoms with Gasteiger partial charge in [-0.25, -0.2) is 17.5 Å². The molecule has 14 heteroatoms. The van der Waals surface area contributed by atoms with Crippen LogP contribution in [0.3, 0.4) is 0 Å². The van der Waals surface area contributed by atoms with Crippen molar-refractivity contribution in [2.75, 3.05) is 32.9 Å². The van der Waals surface area contributed by atoms with Crippen molar-refractivity contribution < 1.29 is 32.4 Å². The van der Waals surface area contributed by atoms with E-state index < -0.39 is 63.2 Å². The topological polar surface area (TPSA) is 174 Å². The highest BCUT2D eigenvalue weighted by atomic mass is 32.2. The first kappa shape index (κ1) is 41.5. The molecule has 4 rings (SSSR count). The minimum absolute atomic E-state index is 0.0319. The second kappa shape index (κ2) is 16.8. The fraction of sp³-hybridized carbons (Fsp3) is 0.763. The molecule has 0 aromatic carbocycles. The lowest BCUT2D eigenvalue weighted by molar-refractivity contribution is -0.144. The van der Waals surface area contributed by atoms with Crippen molar-refractivity contribution in [3.63, 3.8) is 0 Å². The molecule has 3 aliphatic carbocycles. The SMILES string of the molecule is C=CCNC(=O)C(=O)C(CC1C=CC1)NC(=O)[C@@H]1[C@H]2CCC(C)(C)[C@H]2CN1C(=O)[C@@H](NC(=O)N[C@H](CN(C)S(C)(=O)=O)C(C)(C)C)C1CCCCC1. The Hall–Kier alpha value is -3.26. The van der Waals surface area contributed by atoms with E-state index in [0.717, 1.165) is 57.6 Å². The molecule has 1 aliphatic heterocycles. The Kier molecular flexibility index (Phi) is 13.4. The average Bonchev–Trinajstić information content (AvgIpc) is 3.58. The summed E-state index contributed by atoms with van der Waals surface area (Å²) in [6, 6.07) is -3.98. The van der Waals surface area contributed by atoms with Crippen LogP contribution >= 0.6 is 0 Å². The molecule has 5 amide bonds. The molecule has 3 fully saturated rings. The van der Waals surface area contributed by atoms with Gasteiger partial charge in [-0.05, 0) is 73.0 Å².